The number of nitrogens with two attached hydrogens (primary N) is 1. The SMILES string of the molecule is NC(=O)CCNCc1cc2c(s1)CCC2. The highest BCUT2D eigenvalue weighted by Gasteiger charge is 2.14. The van der Waals surface area contributed by atoms with Crippen LogP contribution >= 0.6 is 11.3 Å². The van der Waals surface area contributed by atoms with Gasteiger partial charge in [0.25, 0.3) is 0 Å². The van der Waals surface area contributed by atoms with Gasteiger partial charge in [-0.1, -0.05) is 0 Å². The molecule has 0 atom stereocenters. The van der Waals surface area contributed by atoms with Crippen LogP contribution in [0.5, 0.6) is 0 Å². The molecule has 3 nitrogen and oxygen atoms in total. The molecule has 2 rings (SSSR count). The molecule has 1 heterocycles. The Morgan fingerprint density at radius 2 is 2.40 bits per heavy atom. The Labute approximate surface area is 93.7 Å². The highest BCUT2D eigenvalue weighted by atomic mass is 32.1. The van der Waals surface area contributed by atoms with E-state index >= 15 is 0 Å². The van der Waals surface area contributed by atoms with Crippen LogP contribution in [-0.4, -0.2) is 12.5 Å². The van der Waals surface area contributed by atoms with Crippen molar-refractivity contribution < 1.29 is 4.79 Å². The first-order chi connectivity index (χ1) is 7.25. The fourth-order valence-corrected chi connectivity index (χ4v) is 3.13. The summed E-state index contributed by atoms with van der Waals surface area (Å²) in [4.78, 5) is 13.4. The lowest BCUT2D eigenvalue weighted by Gasteiger charge is -2.00. The van der Waals surface area contributed by atoms with Crippen LogP contribution in [0.2, 0.25) is 0 Å². The van der Waals surface area contributed by atoms with Crippen molar-refractivity contribution in [3.8, 4) is 0 Å². The lowest BCUT2D eigenvalue weighted by Crippen LogP contribution is -2.21. The van der Waals surface area contributed by atoms with E-state index in [9.17, 15) is 4.79 Å². The zero-order chi connectivity index (χ0) is 10.7. The number of nitrogens with one attached hydrogen (secondary N) is 1. The summed E-state index contributed by atoms with van der Waals surface area (Å²) in [5, 5.41) is 3.23. The van der Waals surface area contributed by atoms with E-state index in [1.54, 1.807) is 4.88 Å². The van der Waals surface area contributed by atoms with Gasteiger partial charge in [0, 0.05) is 29.3 Å². The average molecular weight is 224 g/mol. The molecule has 82 valence electrons. The molecule has 15 heavy (non-hydrogen) atoms. The third kappa shape index (κ3) is 2.79. The molecular formula is C11H16N2OS. The number of hydrogen-bond donors (Lipinski definition) is 2. The molecule has 0 aliphatic heterocycles. The van der Waals surface area contributed by atoms with Gasteiger partial charge in [-0.05, 0) is 30.9 Å². The van der Waals surface area contributed by atoms with E-state index in [-0.39, 0.29) is 5.91 Å². The molecule has 1 aliphatic carbocycles. The molecule has 1 aromatic heterocycles. The van der Waals surface area contributed by atoms with Crippen molar-refractivity contribution in [3.63, 3.8) is 0 Å². The van der Waals surface area contributed by atoms with Crippen molar-refractivity contribution in [1.82, 2.24) is 5.32 Å². The molecule has 0 radical (unpaired) electrons. The summed E-state index contributed by atoms with van der Waals surface area (Å²) in [5.41, 5.74) is 6.59. The quantitative estimate of drug-likeness (QED) is 0.738. The second-order valence-electron chi connectivity index (χ2n) is 3.91. The Bertz CT molecular complexity index is 338. The minimum absolute atomic E-state index is 0.240. The zero-order valence-electron chi connectivity index (χ0n) is 8.71. The number of amides is 1. The Balaban J connectivity index is 1.77. The van der Waals surface area contributed by atoms with Crippen molar-refractivity contribution in [1.29, 1.82) is 0 Å². The average Bonchev–Trinajstić information content (AvgIpc) is 2.71. The summed E-state index contributed by atoms with van der Waals surface area (Å²) in [6.07, 6.45) is 4.23. The Hall–Kier alpha value is -0.870. The Kier molecular flexibility index (Phi) is 3.38. The topological polar surface area (TPSA) is 55.1 Å². The smallest absolute Gasteiger partial charge is 0.218 e. The van der Waals surface area contributed by atoms with Gasteiger partial charge in [0.15, 0.2) is 0 Å². The van der Waals surface area contributed by atoms with Crippen LogP contribution in [0, 0.1) is 0 Å². The van der Waals surface area contributed by atoms with E-state index in [4.69, 9.17) is 5.73 Å². The number of carbonyl (C=O) groups is 1. The van der Waals surface area contributed by atoms with E-state index in [0.717, 1.165) is 6.54 Å². The van der Waals surface area contributed by atoms with Crippen molar-refractivity contribution in [2.45, 2.75) is 32.2 Å². The predicted octanol–water partition coefficient (Wildman–Crippen LogP) is 1.20. The highest BCUT2D eigenvalue weighted by molar-refractivity contribution is 7.12. The maximum atomic E-state index is 10.5. The summed E-state index contributed by atoms with van der Waals surface area (Å²) < 4.78 is 0. The third-order valence-corrected chi connectivity index (χ3v) is 3.88. The van der Waals surface area contributed by atoms with Crippen LogP contribution in [0.25, 0.3) is 0 Å². The summed E-state index contributed by atoms with van der Waals surface area (Å²) >= 11 is 1.90. The van der Waals surface area contributed by atoms with Gasteiger partial charge in [-0.15, -0.1) is 11.3 Å². The molecule has 1 amide bonds. The van der Waals surface area contributed by atoms with Crippen LogP contribution in [0.4, 0.5) is 0 Å². The fraction of sp³-hybridized carbons (Fsp3) is 0.545. The van der Waals surface area contributed by atoms with E-state index in [1.807, 2.05) is 11.3 Å². The van der Waals surface area contributed by atoms with E-state index in [2.05, 4.69) is 11.4 Å². The van der Waals surface area contributed by atoms with Gasteiger partial charge in [0.2, 0.25) is 5.91 Å². The van der Waals surface area contributed by atoms with Crippen LogP contribution in [0.3, 0.4) is 0 Å². The largest absolute Gasteiger partial charge is 0.370 e. The maximum Gasteiger partial charge on any atom is 0.218 e. The number of fused-ring (bicyclic) bond motifs is 1. The normalized spacial score (nSPS) is 14.1. The first-order valence-corrected chi connectivity index (χ1v) is 6.17. The molecule has 1 aromatic rings. The van der Waals surface area contributed by atoms with E-state index in [0.29, 0.717) is 13.0 Å². The zero-order valence-corrected chi connectivity index (χ0v) is 9.53. The van der Waals surface area contributed by atoms with Gasteiger partial charge < -0.3 is 11.1 Å². The van der Waals surface area contributed by atoms with Crippen molar-refractivity contribution in [2.75, 3.05) is 6.54 Å². The van der Waals surface area contributed by atoms with Crippen LogP contribution in [0.1, 0.15) is 28.2 Å². The van der Waals surface area contributed by atoms with Crippen LogP contribution < -0.4 is 11.1 Å². The first kappa shape index (κ1) is 10.6. The van der Waals surface area contributed by atoms with Gasteiger partial charge in [0.05, 0.1) is 0 Å². The molecule has 0 saturated heterocycles. The Morgan fingerprint density at radius 1 is 1.53 bits per heavy atom. The molecule has 0 spiro atoms. The van der Waals surface area contributed by atoms with Crippen molar-refractivity contribution in [2.24, 2.45) is 5.73 Å². The number of rotatable bonds is 5. The molecule has 0 unspecified atom stereocenters. The van der Waals surface area contributed by atoms with Gasteiger partial charge in [-0.2, -0.15) is 0 Å². The Morgan fingerprint density at radius 3 is 3.13 bits per heavy atom. The second-order valence-corrected chi connectivity index (χ2v) is 5.13. The highest BCUT2D eigenvalue weighted by Crippen LogP contribution is 2.30. The number of primary amides is 1. The van der Waals surface area contributed by atoms with Gasteiger partial charge in [0.1, 0.15) is 0 Å². The summed E-state index contributed by atoms with van der Waals surface area (Å²) in [7, 11) is 0. The minimum Gasteiger partial charge on any atom is -0.370 e. The van der Waals surface area contributed by atoms with Crippen LogP contribution in [-0.2, 0) is 24.2 Å². The molecule has 0 saturated carbocycles. The lowest BCUT2D eigenvalue weighted by molar-refractivity contribution is -0.117. The second kappa shape index (κ2) is 4.77. The van der Waals surface area contributed by atoms with Gasteiger partial charge >= 0.3 is 0 Å². The van der Waals surface area contributed by atoms with Gasteiger partial charge in [-0.3, -0.25) is 4.79 Å². The number of aryl methyl sites for hydroxylation is 2. The standard InChI is InChI=1S/C11H16N2OS/c12-11(14)4-5-13-7-9-6-8-2-1-3-10(8)15-9/h6,13H,1-5,7H2,(H2,12,14). The molecule has 1 aliphatic rings. The summed E-state index contributed by atoms with van der Waals surface area (Å²) in [5.74, 6) is -0.240. The van der Waals surface area contributed by atoms with Crippen molar-refractivity contribution in [3.05, 3.63) is 21.4 Å². The molecule has 0 fully saturated rings. The minimum atomic E-state index is -0.240. The molecule has 0 aromatic carbocycles. The summed E-state index contributed by atoms with van der Waals surface area (Å²) in [6.45, 7) is 1.54. The van der Waals surface area contributed by atoms with Crippen molar-refractivity contribution >= 4 is 17.2 Å². The van der Waals surface area contributed by atoms with E-state index in [1.165, 1.54) is 29.7 Å². The van der Waals surface area contributed by atoms with Gasteiger partial charge in [-0.25, -0.2) is 0 Å². The maximum absolute atomic E-state index is 10.5. The third-order valence-electron chi connectivity index (χ3n) is 2.65. The van der Waals surface area contributed by atoms with E-state index < -0.39 is 0 Å². The fourth-order valence-electron chi connectivity index (χ4n) is 1.90. The van der Waals surface area contributed by atoms with Crippen LogP contribution in [0.15, 0.2) is 6.07 Å². The number of hydrogen-bond acceptors (Lipinski definition) is 3. The number of thiophene rings is 1. The predicted molar refractivity (Wildman–Crippen MR) is 61.9 cm³/mol. The summed E-state index contributed by atoms with van der Waals surface area (Å²) in [6, 6.07) is 2.30. The molecule has 0 bridgehead atoms. The molecular weight excluding hydrogens is 208 g/mol. The first-order valence-electron chi connectivity index (χ1n) is 5.35. The number of carbonyl (C=O) groups excluding carboxylic acids is 1. The monoisotopic (exact) mass is 224 g/mol. The molecule has 4 heteroatoms. The molecule has 3 N–H and O–H groups in total. The lowest BCUT2D eigenvalue weighted by atomic mass is 10.2.